The third-order valence-corrected chi connectivity index (χ3v) is 5.16. The van der Waals surface area contributed by atoms with E-state index in [1.807, 2.05) is 47.1 Å². The van der Waals surface area contributed by atoms with Gasteiger partial charge in [-0.25, -0.2) is 4.68 Å². The topological polar surface area (TPSA) is 71.2 Å². The summed E-state index contributed by atoms with van der Waals surface area (Å²) in [5, 5.41) is 13.7. The molecule has 0 N–H and O–H groups in total. The molecule has 0 saturated carbocycles. The van der Waals surface area contributed by atoms with Gasteiger partial charge in [-0.3, -0.25) is 4.79 Å². The number of carbonyl (C=O) groups excluding carboxylic acids is 1. The predicted octanol–water partition coefficient (Wildman–Crippen LogP) is 3.79. The van der Waals surface area contributed by atoms with Gasteiger partial charge in [0.25, 0.3) is 0 Å². The fourth-order valence-electron chi connectivity index (χ4n) is 3.71. The Labute approximate surface area is 169 Å². The Morgan fingerprint density at radius 3 is 2.72 bits per heavy atom. The molecule has 0 aliphatic carbocycles. The van der Waals surface area contributed by atoms with Crippen LogP contribution in [0.25, 0.3) is 0 Å². The number of hydrogen-bond donors (Lipinski definition) is 0. The lowest BCUT2D eigenvalue weighted by Crippen LogP contribution is -2.26. The molecular formula is C23H22N4O2. The number of fused-ring (bicyclic) bond motifs is 1. The van der Waals surface area contributed by atoms with E-state index in [4.69, 9.17) is 4.74 Å². The van der Waals surface area contributed by atoms with Crippen molar-refractivity contribution >= 4 is 11.6 Å². The highest BCUT2D eigenvalue weighted by atomic mass is 16.5. The SMILES string of the molecule is COc1ccc(Cn2ncc3c2N(Cc2cccc(C#N)c2)CCCC3=O)cc1. The zero-order valence-corrected chi connectivity index (χ0v) is 16.3. The number of methoxy groups -OCH3 is 1. The number of carbonyl (C=O) groups is 1. The maximum atomic E-state index is 12.6. The number of anilines is 1. The minimum Gasteiger partial charge on any atom is -0.497 e. The van der Waals surface area contributed by atoms with Crippen LogP contribution >= 0.6 is 0 Å². The van der Waals surface area contributed by atoms with Crippen LogP contribution in [0.15, 0.2) is 54.7 Å². The summed E-state index contributed by atoms with van der Waals surface area (Å²) >= 11 is 0. The fraction of sp³-hybridized carbons (Fsp3) is 0.261. The Hall–Kier alpha value is -3.59. The highest BCUT2D eigenvalue weighted by Gasteiger charge is 2.26. The molecule has 0 unspecified atom stereocenters. The van der Waals surface area contributed by atoms with E-state index in [1.54, 1.807) is 19.4 Å². The first-order valence-electron chi connectivity index (χ1n) is 9.64. The molecule has 0 spiro atoms. The average molecular weight is 386 g/mol. The Bertz CT molecular complexity index is 1060. The van der Waals surface area contributed by atoms with Crippen molar-refractivity contribution in [1.82, 2.24) is 9.78 Å². The van der Waals surface area contributed by atoms with Crippen molar-refractivity contribution in [2.45, 2.75) is 25.9 Å². The number of aromatic nitrogens is 2. The average Bonchev–Trinajstić information content (AvgIpc) is 3.10. The van der Waals surface area contributed by atoms with Crippen LogP contribution < -0.4 is 9.64 Å². The van der Waals surface area contributed by atoms with Crippen molar-refractivity contribution in [3.63, 3.8) is 0 Å². The van der Waals surface area contributed by atoms with E-state index in [2.05, 4.69) is 16.1 Å². The molecule has 1 aliphatic rings. The van der Waals surface area contributed by atoms with Crippen LogP contribution in [0.3, 0.4) is 0 Å². The maximum absolute atomic E-state index is 12.6. The van der Waals surface area contributed by atoms with Gasteiger partial charge in [0.05, 0.1) is 37.0 Å². The monoisotopic (exact) mass is 386 g/mol. The molecule has 3 aromatic rings. The summed E-state index contributed by atoms with van der Waals surface area (Å²) in [5.74, 6) is 1.79. The van der Waals surface area contributed by atoms with Crippen LogP contribution in [0.5, 0.6) is 5.75 Å². The molecule has 0 radical (unpaired) electrons. The van der Waals surface area contributed by atoms with E-state index in [-0.39, 0.29) is 5.78 Å². The smallest absolute Gasteiger partial charge is 0.168 e. The van der Waals surface area contributed by atoms with Crippen molar-refractivity contribution in [2.24, 2.45) is 0 Å². The molecule has 2 heterocycles. The summed E-state index contributed by atoms with van der Waals surface area (Å²) in [5.41, 5.74) is 3.44. The largest absolute Gasteiger partial charge is 0.497 e. The fourth-order valence-corrected chi connectivity index (χ4v) is 3.71. The van der Waals surface area contributed by atoms with Crippen LogP contribution in [-0.2, 0) is 13.1 Å². The number of nitriles is 1. The number of nitrogens with zero attached hydrogens (tertiary/aromatic N) is 4. The third-order valence-electron chi connectivity index (χ3n) is 5.16. The summed E-state index contributed by atoms with van der Waals surface area (Å²) in [6.45, 7) is 1.97. The lowest BCUT2D eigenvalue weighted by Gasteiger charge is -2.25. The highest BCUT2D eigenvalue weighted by Crippen LogP contribution is 2.29. The standard InChI is InChI=1S/C23H22N4O2/c1-29-20-9-7-17(8-10-20)16-27-23-21(14-25-27)22(28)6-3-11-26(23)15-19-5-2-4-18(12-19)13-24/h2,4-5,7-10,12,14H,3,6,11,15-16H2,1H3. The number of benzene rings is 2. The summed E-state index contributed by atoms with van der Waals surface area (Å²) in [4.78, 5) is 14.8. The lowest BCUT2D eigenvalue weighted by molar-refractivity contribution is 0.0983. The normalized spacial score (nSPS) is 13.5. The second kappa shape index (κ2) is 8.19. The molecule has 1 aliphatic heterocycles. The number of Topliss-reactive ketones (excluding diaryl/α,β-unsaturated/α-hetero) is 1. The second-order valence-corrected chi connectivity index (χ2v) is 7.15. The van der Waals surface area contributed by atoms with Crippen molar-refractivity contribution in [3.05, 3.63) is 77.0 Å². The number of rotatable bonds is 5. The van der Waals surface area contributed by atoms with E-state index in [0.29, 0.717) is 30.6 Å². The van der Waals surface area contributed by atoms with E-state index in [9.17, 15) is 10.1 Å². The summed E-state index contributed by atoms with van der Waals surface area (Å²) < 4.78 is 7.13. The molecular weight excluding hydrogens is 364 g/mol. The van der Waals surface area contributed by atoms with Crippen molar-refractivity contribution in [3.8, 4) is 11.8 Å². The first-order chi connectivity index (χ1) is 14.2. The van der Waals surface area contributed by atoms with Gasteiger partial charge in [0.15, 0.2) is 5.78 Å². The molecule has 0 bridgehead atoms. The molecule has 4 rings (SSSR count). The van der Waals surface area contributed by atoms with Gasteiger partial charge < -0.3 is 9.64 Å². The van der Waals surface area contributed by atoms with Crippen LogP contribution in [0, 0.1) is 11.3 Å². The Balaban J connectivity index is 1.66. The molecule has 29 heavy (non-hydrogen) atoms. The molecule has 1 aromatic heterocycles. The van der Waals surface area contributed by atoms with Gasteiger partial charge in [-0.1, -0.05) is 24.3 Å². The summed E-state index contributed by atoms with van der Waals surface area (Å²) in [7, 11) is 1.65. The van der Waals surface area contributed by atoms with Crippen molar-refractivity contribution in [1.29, 1.82) is 5.26 Å². The van der Waals surface area contributed by atoms with E-state index in [1.165, 1.54) is 0 Å². The van der Waals surface area contributed by atoms with Crippen LogP contribution in [0.4, 0.5) is 5.82 Å². The maximum Gasteiger partial charge on any atom is 0.168 e. The van der Waals surface area contributed by atoms with Gasteiger partial charge in [-0.15, -0.1) is 0 Å². The van der Waals surface area contributed by atoms with Crippen molar-refractivity contribution in [2.75, 3.05) is 18.6 Å². The van der Waals surface area contributed by atoms with Gasteiger partial charge in [-0.2, -0.15) is 10.4 Å². The van der Waals surface area contributed by atoms with Gasteiger partial charge in [0.2, 0.25) is 0 Å². The Morgan fingerprint density at radius 2 is 1.97 bits per heavy atom. The molecule has 146 valence electrons. The zero-order valence-electron chi connectivity index (χ0n) is 16.3. The zero-order chi connectivity index (χ0) is 20.2. The highest BCUT2D eigenvalue weighted by molar-refractivity contribution is 6.01. The molecule has 6 nitrogen and oxygen atoms in total. The summed E-state index contributed by atoms with van der Waals surface area (Å²) in [6.07, 6.45) is 3.01. The number of ketones is 1. The van der Waals surface area contributed by atoms with Gasteiger partial charge >= 0.3 is 0 Å². The number of hydrogen-bond acceptors (Lipinski definition) is 5. The van der Waals surface area contributed by atoms with Crippen molar-refractivity contribution < 1.29 is 9.53 Å². The molecule has 0 fully saturated rings. The minimum absolute atomic E-state index is 0.134. The van der Waals surface area contributed by atoms with Crippen LogP contribution in [0.2, 0.25) is 0 Å². The molecule has 0 saturated heterocycles. The van der Waals surface area contributed by atoms with E-state index in [0.717, 1.165) is 35.7 Å². The molecule has 6 heteroatoms. The molecule has 0 amide bonds. The first-order valence-corrected chi connectivity index (χ1v) is 9.64. The molecule has 0 atom stereocenters. The van der Waals surface area contributed by atoms with Crippen LogP contribution in [0.1, 0.15) is 39.9 Å². The number of ether oxygens (including phenoxy) is 1. The van der Waals surface area contributed by atoms with Gasteiger partial charge in [0, 0.05) is 19.5 Å². The second-order valence-electron chi connectivity index (χ2n) is 7.15. The summed E-state index contributed by atoms with van der Waals surface area (Å²) in [6, 6.07) is 17.7. The third kappa shape index (κ3) is 3.99. The van der Waals surface area contributed by atoms with Crippen LogP contribution in [-0.4, -0.2) is 29.2 Å². The molecule has 2 aromatic carbocycles. The Kier molecular flexibility index (Phi) is 5.30. The quantitative estimate of drug-likeness (QED) is 0.667. The Morgan fingerprint density at radius 1 is 1.14 bits per heavy atom. The van der Waals surface area contributed by atoms with Gasteiger partial charge in [-0.05, 0) is 41.8 Å². The first kappa shape index (κ1) is 18.8. The predicted molar refractivity (Wildman–Crippen MR) is 110 cm³/mol. The van der Waals surface area contributed by atoms with Gasteiger partial charge in [0.1, 0.15) is 11.6 Å². The van der Waals surface area contributed by atoms with E-state index >= 15 is 0 Å². The van der Waals surface area contributed by atoms with E-state index < -0.39 is 0 Å². The minimum atomic E-state index is 0.134. The lowest BCUT2D eigenvalue weighted by atomic mass is 10.1.